The molecule has 0 saturated heterocycles. The van der Waals surface area contributed by atoms with Gasteiger partial charge in [-0.05, 0) is 18.2 Å². The highest BCUT2D eigenvalue weighted by atomic mass is 35.5. The third kappa shape index (κ3) is 2.28. The lowest BCUT2D eigenvalue weighted by Gasteiger charge is -2.19. The molecule has 0 amide bonds. The second-order valence-corrected chi connectivity index (χ2v) is 5.46. The maximum atomic E-state index is 13.2. The van der Waals surface area contributed by atoms with E-state index in [4.69, 9.17) is 16.1 Å². The van der Waals surface area contributed by atoms with E-state index in [1.54, 1.807) is 12.4 Å². The highest BCUT2D eigenvalue weighted by Gasteiger charge is 2.26. The molecule has 0 radical (unpaired) electrons. The molecule has 1 atom stereocenters. The van der Waals surface area contributed by atoms with Gasteiger partial charge in [0.15, 0.2) is 0 Å². The van der Waals surface area contributed by atoms with Crippen LogP contribution in [-0.2, 0) is 13.0 Å². The first-order chi connectivity index (χ1) is 10.7. The third-order valence-corrected chi connectivity index (χ3v) is 3.94. The van der Waals surface area contributed by atoms with Crippen molar-refractivity contribution in [3.05, 3.63) is 52.6 Å². The lowest BCUT2D eigenvalue weighted by atomic mass is 10.1. The zero-order valence-electron chi connectivity index (χ0n) is 11.3. The van der Waals surface area contributed by atoms with Crippen LogP contribution in [0.15, 0.2) is 29.0 Å². The summed E-state index contributed by atoms with van der Waals surface area (Å²) in [6, 6.07) is 4.23. The summed E-state index contributed by atoms with van der Waals surface area (Å²) in [7, 11) is 0. The minimum absolute atomic E-state index is 0.0285. The molecule has 0 spiro atoms. The maximum Gasteiger partial charge on any atom is 0.244 e. The summed E-state index contributed by atoms with van der Waals surface area (Å²) in [6.07, 6.45) is 2.35. The predicted molar refractivity (Wildman–Crippen MR) is 76.6 cm³/mol. The fourth-order valence-electron chi connectivity index (χ4n) is 2.47. The molecular formula is C14H11ClFN5O. The third-order valence-electron chi connectivity index (χ3n) is 3.65. The Labute approximate surface area is 129 Å². The van der Waals surface area contributed by atoms with Gasteiger partial charge in [0.1, 0.15) is 5.82 Å². The van der Waals surface area contributed by atoms with E-state index < -0.39 is 5.82 Å². The van der Waals surface area contributed by atoms with Crippen molar-refractivity contribution in [3.63, 3.8) is 0 Å². The number of nitrogens with zero attached hydrogens (tertiary/aromatic N) is 3. The molecule has 0 fully saturated rings. The van der Waals surface area contributed by atoms with Crippen molar-refractivity contribution in [2.24, 2.45) is 0 Å². The van der Waals surface area contributed by atoms with Crippen molar-refractivity contribution in [1.29, 1.82) is 0 Å². The van der Waals surface area contributed by atoms with Crippen LogP contribution in [0.1, 0.15) is 23.3 Å². The van der Waals surface area contributed by atoms with Crippen LogP contribution in [0.3, 0.4) is 0 Å². The smallest absolute Gasteiger partial charge is 0.244 e. The van der Waals surface area contributed by atoms with Crippen molar-refractivity contribution >= 4 is 11.6 Å². The quantitative estimate of drug-likeness (QED) is 0.759. The van der Waals surface area contributed by atoms with Gasteiger partial charge in [0.2, 0.25) is 11.7 Å². The average molecular weight is 320 g/mol. The molecule has 1 aromatic carbocycles. The second kappa shape index (κ2) is 5.19. The fourth-order valence-corrected chi connectivity index (χ4v) is 2.65. The standard InChI is InChI=1S/C14H11ClFN5O/c15-8-3-7(1-2-9(8)16)13-20-14(22-21-13)11-4-10-12(5-17-11)19-6-18-10/h1-3,6,11,17H,4-5H2,(H,18,19)/t11-/m0/s1. The van der Waals surface area contributed by atoms with Crippen LogP contribution < -0.4 is 5.32 Å². The van der Waals surface area contributed by atoms with Gasteiger partial charge in [0.25, 0.3) is 0 Å². The van der Waals surface area contributed by atoms with Gasteiger partial charge in [0.05, 0.1) is 28.8 Å². The molecule has 0 saturated carbocycles. The summed E-state index contributed by atoms with van der Waals surface area (Å²) in [5.74, 6) is 0.379. The topological polar surface area (TPSA) is 79.6 Å². The molecule has 3 aromatic rings. The van der Waals surface area contributed by atoms with E-state index >= 15 is 0 Å². The number of benzene rings is 1. The Morgan fingerprint density at radius 3 is 3.14 bits per heavy atom. The number of fused-ring (bicyclic) bond motifs is 1. The van der Waals surface area contributed by atoms with Gasteiger partial charge < -0.3 is 9.51 Å². The molecule has 0 bridgehead atoms. The van der Waals surface area contributed by atoms with Crippen LogP contribution in [0.5, 0.6) is 0 Å². The Morgan fingerprint density at radius 2 is 2.27 bits per heavy atom. The number of hydrogen-bond acceptors (Lipinski definition) is 5. The Bertz CT molecular complexity index is 830. The lowest BCUT2D eigenvalue weighted by molar-refractivity contribution is 0.319. The van der Waals surface area contributed by atoms with E-state index in [9.17, 15) is 4.39 Å². The molecule has 22 heavy (non-hydrogen) atoms. The van der Waals surface area contributed by atoms with Gasteiger partial charge in [-0.25, -0.2) is 9.37 Å². The van der Waals surface area contributed by atoms with E-state index in [0.717, 1.165) is 11.4 Å². The van der Waals surface area contributed by atoms with Gasteiger partial charge in [-0.2, -0.15) is 4.98 Å². The first kappa shape index (κ1) is 13.4. The van der Waals surface area contributed by atoms with Crippen LogP contribution in [0.4, 0.5) is 4.39 Å². The lowest BCUT2D eigenvalue weighted by Crippen LogP contribution is -2.28. The minimum atomic E-state index is -0.478. The van der Waals surface area contributed by atoms with Crippen LogP contribution in [-0.4, -0.2) is 20.1 Å². The number of rotatable bonds is 2. The van der Waals surface area contributed by atoms with E-state index in [0.29, 0.717) is 30.2 Å². The molecule has 112 valence electrons. The highest BCUT2D eigenvalue weighted by molar-refractivity contribution is 6.31. The van der Waals surface area contributed by atoms with Gasteiger partial charge in [0, 0.05) is 18.5 Å². The molecule has 4 rings (SSSR count). The normalized spacial score (nSPS) is 17.5. The number of aromatic amines is 1. The van der Waals surface area contributed by atoms with Gasteiger partial charge in [-0.15, -0.1) is 0 Å². The van der Waals surface area contributed by atoms with E-state index in [1.807, 2.05) is 0 Å². The Balaban J connectivity index is 1.60. The number of hydrogen-bond donors (Lipinski definition) is 2. The maximum absolute atomic E-state index is 13.2. The molecular weight excluding hydrogens is 309 g/mol. The number of imidazole rings is 1. The summed E-state index contributed by atoms with van der Waals surface area (Å²) < 4.78 is 18.5. The van der Waals surface area contributed by atoms with Crippen molar-refractivity contribution in [2.75, 3.05) is 0 Å². The zero-order chi connectivity index (χ0) is 15.1. The largest absolute Gasteiger partial charge is 0.347 e. The van der Waals surface area contributed by atoms with Gasteiger partial charge in [-0.3, -0.25) is 5.32 Å². The molecule has 3 heterocycles. The van der Waals surface area contributed by atoms with E-state index in [-0.39, 0.29) is 11.1 Å². The number of halogens is 2. The second-order valence-electron chi connectivity index (χ2n) is 5.05. The van der Waals surface area contributed by atoms with Gasteiger partial charge in [-0.1, -0.05) is 16.8 Å². The predicted octanol–water partition coefficient (Wildman–Crippen LogP) is 2.64. The van der Waals surface area contributed by atoms with E-state index in [2.05, 4.69) is 25.4 Å². The molecule has 2 aromatic heterocycles. The molecule has 2 N–H and O–H groups in total. The van der Waals surface area contributed by atoms with Crippen LogP contribution in [0.25, 0.3) is 11.4 Å². The Hall–Kier alpha value is -2.25. The van der Waals surface area contributed by atoms with Crippen LogP contribution >= 0.6 is 11.6 Å². The average Bonchev–Trinajstić information content (AvgIpc) is 3.17. The first-order valence-corrected chi connectivity index (χ1v) is 7.12. The summed E-state index contributed by atoms with van der Waals surface area (Å²) in [6.45, 7) is 0.667. The molecule has 1 aliphatic heterocycles. The first-order valence-electron chi connectivity index (χ1n) is 6.74. The number of H-pyrrole nitrogens is 1. The molecule has 8 heteroatoms. The minimum Gasteiger partial charge on any atom is -0.347 e. The monoisotopic (exact) mass is 319 g/mol. The zero-order valence-corrected chi connectivity index (χ0v) is 12.1. The summed E-state index contributed by atoms with van der Waals surface area (Å²) >= 11 is 5.78. The fraction of sp³-hybridized carbons (Fsp3) is 0.214. The SMILES string of the molecule is Fc1ccc(-c2noc([C@@H]3Cc4nc[nH]c4CN3)n2)cc1Cl. The van der Waals surface area contributed by atoms with Crippen molar-refractivity contribution < 1.29 is 8.91 Å². The van der Waals surface area contributed by atoms with Crippen LogP contribution in [0, 0.1) is 5.82 Å². The molecule has 0 aliphatic carbocycles. The van der Waals surface area contributed by atoms with Crippen LogP contribution in [0.2, 0.25) is 5.02 Å². The molecule has 6 nitrogen and oxygen atoms in total. The van der Waals surface area contributed by atoms with Gasteiger partial charge >= 0.3 is 0 Å². The van der Waals surface area contributed by atoms with Crippen molar-refractivity contribution in [3.8, 4) is 11.4 Å². The highest BCUT2D eigenvalue weighted by Crippen LogP contribution is 2.26. The van der Waals surface area contributed by atoms with Crippen molar-refractivity contribution in [2.45, 2.75) is 19.0 Å². The summed E-state index contributed by atoms with van der Waals surface area (Å²) in [4.78, 5) is 11.7. The molecule has 1 aliphatic rings. The Kier molecular flexibility index (Phi) is 3.16. The number of aromatic nitrogens is 4. The summed E-state index contributed by atoms with van der Waals surface area (Å²) in [5, 5.41) is 7.28. The summed E-state index contributed by atoms with van der Waals surface area (Å²) in [5.41, 5.74) is 2.67. The van der Waals surface area contributed by atoms with Crippen molar-refractivity contribution in [1.82, 2.24) is 25.4 Å². The molecule has 0 unspecified atom stereocenters. The number of nitrogens with one attached hydrogen (secondary N) is 2. The Morgan fingerprint density at radius 1 is 1.36 bits per heavy atom. The van der Waals surface area contributed by atoms with E-state index in [1.165, 1.54) is 12.1 Å².